The van der Waals surface area contributed by atoms with Gasteiger partial charge >= 0.3 is 0 Å². The molecule has 0 aliphatic carbocycles. The van der Waals surface area contributed by atoms with Gasteiger partial charge in [0.25, 0.3) is 0 Å². The first kappa shape index (κ1) is 16.2. The Labute approximate surface area is 136 Å². The highest BCUT2D eigenvalue weighted by Crippen LogP contribution is 2.30. The largest absolute Gasteiger partial charge is 0.492 e. The average molecular weight is 323 g/mol. The molecule has 2 aromatic carbocycles. The van der Waals surface area contributed by atoms with Crippen LogP contribution in [0.1, 0.15) is 25.7 Å². The molecule has 0 aliphatic rings. The van der Waals surface area contributed by atoms with Crippen LogP contribution in [0.2, 0.25) is 5.02 Å². The van der Waals surface area contributed by atoms with Gasteiger partial charge in [0.2, 0.25) is 0 Å². The Kier molecular flexibility index (Phi) is 6.91. The summed E-state index contributed by atoms with van der Waals surface area (Å²) < 4.78 is 5.74. The molecule has 3 heteroatoms. The van der Waals surface area contributed by atoms with E-state index in [1.54, 1.807) is 0 Å². The number of hydrogen-bond acceptors (Lipinski definition) is 1. The van der Waals surface area contributed by atoms with E-state index >= 15 is 0 Å². The normalized spacial score (nSPS) is 10.6. The molecule has 2 aromatic rings. The molecule has 1 nitrogen and oxygen atoms in total. The Balaban J connectivity index is 1.88. The van der Waals surface area contributed by atoms with E-state index in [9.17, 15) is 0 Å². The fourth-order valence-corrected chi connectivity index (χ4v) is 2.58. The summed E-state index contributed by atoms with van der Waals surface area (Å²) in [5, 5.41) is 0.664. The quantitative estimate of drug-likeness (QED) is 0.416. The summed E-state index contributed by atoms with van der Waals surface area (Å²) in [7, 11) is 0. The average Bonchev–Trinajstić information content (AvgIpc) is 2.53. The molecule has 2 rings (SSSR count). The van der Waals surface area contributed by atoms with E-state index in [4.69, 9.17) is 27.9 Å². The molecule has 0 saturated carbocycles. The SMILES string of the molecule is ClCCCCCCOc1ccc(-c2ccccc2)cc1Cl. The lowest BCUT2D eigenvalue weighted by molar-refractivity contribution is 0.305. The molecule has 0 saturated heterocycles. The molecule has 112 valence electrons. The summed E-state index contributed by atoms with van der Waals surface area (Å²) in [5.74, 6) is 1.50. The first-order chi connectivity index (χ1) is 10.3. The van der Waals surface area contributed by atoms with Gasteiger partial charge in [0.05, 0.1) is 11.6 Å². The van der Waals surface area contributed by atoms with E-state index in [0.717, 1.165) is 48.4 Å². The van der Waals surface area contributed by atoms with Crippen LogP contribution in [0.15, 0.2) is 48.5 Å². The molecular formula is C18H20Cl2O. The molecule has 0 radical (unpaired) electrons. The minimum absolute atomic E-state index is 0.664. The molecular weight excluding hydrogens is 303 g/mol. The zero-order chi connectivity index (χ0) is 14.9. The third-order valence-electron chi connectivity index (χ3n) is 3.32. The van der Waals surface area contributed by atoms with Crippen molar-refractivity contribution in [2.24, 2.45) is 0 Å². The molecule has 21 heavy (non-hydrogen) atoms. The summed E-state index contributed by atoms with van der Waals surface area (Å²) in [6.07, 6.45) is 4.42. The van der Waals surface area contributed by atoms with Gasteiger partial charge in [-0.1, -0.05) is 60.8 Å². The van der Waals surface area contributed by atoms with Crippen molar-refractivity contribution in [3.05, 3.63) is 53.6 Å². The molecule has 0 spiro atoms. The molecule has 0 heterocycles. The Hall–Kier alpha value is -1.18. The third kappa shape index (κ3) is 5.26. The fraction of sp³-hybridized carbons (Fsp3) is 0.333. The van der Waals surface area contributed by atoms with Crippen molar-refractivity contribution >= 4 is 23.2 Å². The smallest absolute Gasteiger partial charge is 0.137 e. The Morgan fingerprint density at radius 1 is 0.810 bits per heavy atom. The van der Waals surface area contributed by atoms with Crippen LogP contribution in [0.3, 0.4) is 0 Å². The van der Waals surface area contributed by atoms with Gasteiger partial charge < -0.3 is 4.74 Å². The topological polar surface area (TPSA) is 9.23 Å². The van der Waals surface area contributed by atoms with Crippen LogP contribution in [0.5, 0.6) is 5.75 Å². The number of ether oxygens (including phenoxy) is 1. The second kappa shape index (κ2) is 8.96. The van der Waals surface area contributed by atoms with E-state index in [1.165, 1.54) is 0 Å². The predicted molar refractivity (Wildman–Crippen MR) is 91.6 cm³/mol. The summed E-state index contributed by atoms with van der Waals surface area (Å²) in [6.45, 7) is 0.701. The van der Waals surface area contributed by atoms with Gasteiger partial charge in [-0.15, -0.1) is 11.6 Å². The van der Waals surface area contributed by atoms with Crippen molar-refractivity contribution in [1.29, 1.82) is 0 Å². The van der Waals surface area contributed by atoms with E-state index < -0.39 is 0 Å². The third-order valence-corrected chi connectivity index (χ3v) is 3.89. The fourth-order valence-electron chi connectivity index (χ4n) is 2.16. The lowest BCUT2D eigenvalue weighted by Crippen LogP contribution is -1.98. The van der Waals surface area contributed by atoms with Crippen LogP contribution < -0.4 is 4.74 Å². The van der Waals surface area contributed by atoms with Crippen molar-refractivity contribution in [1.82, 2.24) is 0 Å². The maximum atomic E-state index is 6.30. The zero-order valence-corrected chi connectivity index (χ0v) is 13.5. The van der Waals surface area contributed by atoms with Gasteiger partial charge in [-0.2, -0.15) is 0 Å². The minimum atomic E-state index is 0.664. The monoisotopic (exact) mass is 322 g/mol. The van der Waals surface area contributed by atoms with Crippen molar-refractivity contribution in [2.75, 3.05) is 12.5 Å². The van der Waals surface area contributed by atoms with E-state index in [2.05, 4.69) is 12.1 Å². The van der Waals surface area contributed by atoms with Crippen molar-refractivity contribution in [3.8, 4) is 16.9 Å². The zero-order valence-electron chi connectivity index (χ0n) is 12.0. The van der Waals surface area contributed by atoms with Gasteiger partial charge in [-0.25, -0.2) is 0 Å². The van der Waals surface area contributed by atoms with Crippen molar-refractivity contribution < 1.29 is 4.74 Å². The van der Waals surface area contributed by atoms with Gasteiger partial charge in [-0.3, -0.25) is 0 Å². The van der Waals surface area contributed by atoms with Crippen LogP contribution >= 0.6 is 23.2 Å². The molecule has 0 amide bonds. The molecule has 0 aliphatic heterocycles. The Bertz CT molecular complexity index is 540. The van der Waals surface area contributed by atoms with Crippen LogP contribution in [0.4, 0.5) is 0 Å². The second-order valence-electron chi connectivity index (χ2n) is 4.96. The van der Waals surface area contributed by atoms with Gasteiger partial charge in [0.1, 0.15) is 5.75 Å². The molecule has 0 atom stereocenters. The first-order valence-electron chi connectivity index (χ1n) is 7.35. The summed E-state index contributed by atoms with van der Waals surface area (Å²) in [6, 6.07) is 16.1. The molecule has 0 aromatic heterocycles. The van der Waals surface area contributed by atoms with Crippen LogP contribution in [0, 0.1) is 0 Å². The van der Waals surface area contributed by atoms with E-state index in [1.807, 2.05) is 36.4 Å². The van der Waals surface area contributed by atoms with Gasteiger partial charge in [0.15, 0.2) is 0 Å². The summed E-state index contributed by atoms with van der Waals surface area (Å²) >= 11 is 11.9. The maximum Gasteiger partial charge on any atom is 0.137 e. The van der Waals surface area contributed by atoms with Crippen LogP contribution in [-0.4, -0.2) is 12.5 Å². The van der Waals surface area contributed by atoms with E-state index in [0.29, 0.717) is 11.6 Å². The van der Waals surface area contributed by atoms with E-state index in [-0.39, 0.29) is 0 Å². The lowest BCUT2D eigenvalue weighted by atomic mass is 10.1. The van der Waals surface area contributed by atoms with Crippen molar-refractivity contribution in [2.45, 2.75) is 25.7 Å². The molecule has 0 unspecified atom stereocenters. The predicted octanol–water partition coefficient (Wildman–Crippen LogP) is 6.19. The molecule has 0 fully saturated rings. The summed E-state index contributed by atoms with van der Waals surface area (Å²) in [4.78, 5) is 0. The maximum absolute atomic E-state index is 6.30. The molecule has 0 N–H and O–H groups in total. The Morgan fingerprint density at radius 2 is 1.57 bits per heavy atom. The highest BCUT2D eigenvalue weighted by atomic mass is 35.5. The van der Waals surface area contributed by atoms with Gasteiger partial charge in [-0.05, 0) is 36.1 Å². The number of rotatable bonds is 8. The van der Waals surface area contributed by atoms with Crippen LogP contribution in [-0.2, 0) is 0 Å². The standard InChI is InChI=1S/C18H20Cl2O/c19-12-6-1-2-7-13-21-18-11-10-16(14-17(18)20)15-8-4-3-5-9-15/h3-5,8-11,14H,1-2,6-7,12-13H2. The number of halogens is 2. The Morgan fingerprint density at radius 3 is 2.29 bits per heavy atom. The van der Waals surface area contributed by atoms with Gasteiger partial charge in [0, 0.05) is 5.88 Å². The summed E-state index contributed by atoms with van der Waals surface area (Å²) in [5.41, 5.74) is 2.27. The second-order valence-corrected chi connectivity index (χ2v) is 5.75. The number of benzene rings is 2. The van der Waals surface area contributed by atoms with Crippen molar-refractivity contribution in [3.63, 3.8) is 0 Å². The highest BCUT2D eigenvalue weighted by molar-refractivity contribution is 6.32. The van der Waals surface area contributed by atoms with Crippen LogP contribution in [0.25, 0.3) is 11.1 Å². The first-order valence-corrected chi connectivity index (χ1v) is 8.26. The highest BCUT2D eigenvalue weighted by Gasteiger charge is 2.04. The lowest BCUT2D eigenvalue weighted by Gasteiger charge is -2.09. The number of unbranched alkanes of at least 4 members (excludes halogenated alkanes) is 3. The molecule has 0 bridgehead atoms. The number of alkyl halides is 1. The minimum Gasteiger partial charge on any atom is -0.492 e. The number of hydrogen-bond donors (Lipinski definition) is 0.